The molecule has 3 heteroatoms. The maximum absolute atomic E-state index is 12.8. The van der Waals surface area contributed by atoms with E-state index in [2.05, 4.69) is 0 Å². The Kier molecular flexibility index (Phi) is 5.31. The van der Waals surface area contributed by atoms with Gasteiger partial charge in [0.05, 0.1) is 10.6 Å². The average Bonchev–Trinajstić information content (AvgIpc) is 2.07. The number of Topliss-reactive ketones (excluding diaryl/α,β-unsaturated/α-hetero) is 1. The van der Waals surface area contributed by atoms with Gasteiger partial charge in [-0.15, -0.1) is 0 Å². The Balaban J connectivity index is 0.000000671. The standard InChI is InChI=1S/C8H6ClFO.C2H6/c1-5(11)8-6(9)3-2-4-7(8)10;1-2/h2-4H,1H3;1-2H3. The lowest BCUT2D eigenvalue weighted by atomic mass is 10.1. The number of hydrogen-bond acceptors (Lipinski definition) is 1. The molecule has 0 aromatic heterocycles. The van der Waals surface area contributed by atoms with Gasteiger partial charge in [-0.05, 0) is 19.1 Å². The lowest BCUT2D eigenvalue weighted by Crippen LogP contribution is -1.97. The summed E-state index contributed by atoms with van der Waals surface area (Å²) >= 11 is 5.56. The number of benzene rings is 1. The summed E-state index contributed by atoms with van der Waals surface area (Å²) in [6, 6.07) is 4.16. The molecule has 0 unspecified atom stereocenters. The van der Waals surface area contributed by atoms with Crippen molar-refractivity contribution in [3.05, 3.63) is 34.6 Å². The summed E-state index contributed by atoms with van der Waals surface area (Å²) in [7, 11) is 0. The molecule has 0 aliphatic heterocycles. The molecule has 0 aliphatic rings. The molecule has 1 aromatic carbocycles. The van der Waals surface area contributed by atoms with Gasteiger partial charge in [0, 0.05) is 0 Å². The van der Waals surface area contributed by atoms with Crippen molar-refractivity contribution in [3.63, 3.8) is 0 Å². The van der Waals surface area contributed by atoms with Gasteiger partial charge in [0.1, 0.15) is 5.82 Å². The maximum atomic E-state index is 12.8. The Morgan fingerprint density at radius 3 is 2.23 bits per heavy atom. The van der Waals surface area contributed by atoms with E-state index in [9.17, 15) is 9.18 Å². The largest absolute Gasteiger partial charge is 0.294 e. The molecule has 0 radical (unpaired) electrons. The Bertz CT molecular complexity index is 277. The average molecular weight is 203 g/mol. The molecule has 1 nitrogen and oxygen atoms in total. The van der Waals surface area contributed by atoms with Gasteiger partial charge in [-0.2, -0.15) is 0 Å². The van der Waals surface area contributed by atoms with Crippen LogP contribution in [0.2, 0.25) is 5.02 Å². The predicted molar refractivity (Wildman–Crippen MR) is 52.8 cm³/mol. The van der Waals surface area contributed by atoms with Crippen LogP contribution in [0.3, 0.4) is 0 Å². The van der Waals surface area contributed by atoms with Crippen LogP contribution in [0, 0.1) is 5.82 Å². The Hall–Kier alpha value is -0.890. The van der Waals surface area contributed by atoms with Crippen LogP contribution in [0.15, 0.2) is 18.2 Å². The normalized spacial score (nSPS) is 8.69. The van der Waals surface area contributed by atoms with Gasteiger partial charge < -0.3 is 0 Å². The van der Waals surface area contributed by atoms with Crippen LogP contribution in [0.25, 0.3) is 0 Å². The molecule has 0 saturated carbocycles. The summed E-state index contributed by atoms with van der Waals surface area (Å²) in [5, 5.41) is 0.164. The first kappa shape index (κ1) is 12.1. The minimum absolute atomic E-state index is 0.0332. The molecule has 0 N–H and O–H groups in total. The van der Waals surface area contributed by atoms with Crippen molar-refractivity contribution < 1.29 is 9.18 Å². The monoisotopic (exact) mass is 202 g/mol. The number of halogens is 2. The molecule has 0 saturated heterocycles. The van der Waals surface area contributed by atoms with Gasteiger partial charge in [0.25, 0.3) is 0 Å². The second-order valence-corrected chi connectivity index (χ2v) is 2.56. The molecule has 0 bridgehead atoms. The predicted octanol–water partition coefficient (Wildman–Crippen LogP) is 3.71. The molecule has 0 aliphatic carbocycles. The maximum Gasteiger partial charge on any atom is 0.164 e. The van der Waals surface area contributed by atoms with E-state index in [0.717, 1.165) is 0 Å². The van der Waals surface area contributed by atoms with Gasteiger partial charge in [-0.3, -0.25) is 4.79 Å². The van der Waals surface area contributed by atoms with Crippen LogP contribution in [-0.4, -0.2) is 5.78 Å². The van der Waals surface area contributed by atoms with Gasteiger partial charge in [0.15, 0.2) is 5.78 Å². The van der Waals surface area contributed by atoms with Crippen LogP contribution in [0.5, 0.6) is 0 Å². The molecule has 0 fully saturated rings. The van der Waals surface area contributed by atoms with E-state index in [1.807, 2.05) is 13.8 Å². The van der Waals surface area contributed by atoms with E-state index in [4.69, 9.17) is 11.6 Å². The van der Waals surface area contributed by atoms with Crippen molar-refractivity contribution in [3.8, 4) is 0 Å². The highest BCUT2D eigenvalue weighted by molar-refractivity contribution is 6.33. The highest BCUT2D eigenvalue weighted by atomic mass is 35.5. The van der Waals surface area contributed by atoms with Crippen molar-refractivity contribution in [2.24, 2.45) is 0 Å². The molecule has 13 heavy (non-hydrogen) atoms. The van der Waals surface area contributed by atoms with Crippen molar-refractivity contribution in [2.45, 2.75) is 20.8 Å². The fourth-order valence-electron chi connectivity index (χ4n) is 0.834. The van der Waals surface area contributed by atoms with E-state index < -0.39 is 5.82 Å². The van der Waals surface area contributed by atoms with Crippen LogP contribution in [0.1, 0.15) is 31.1 Å². The van der Waals surface area contributed by atoms with Gasteiger partial charge in [-0.1, -0.05) is 31.5 Å². The molecular formula is C10H12ClFO. The number of carbonyl (C=O) groups excluding carboxylic acids is 1. The van der Waals surface area contributed by atoms with E-state index in [1.54, 1.807) is 0 Å². The number of carbonyl (C=O) groups is 1. The van der Waals surface area contributed by atoms with Crippen LogP contribution < -0.4 is 0 Å². The number of hydrogen-bond donors (Lipinski definition) is 0. The smallest absolute Gasteiger partial charge is 0.164 e. The summed E-state index contributed by atoms with van der Waals surface area (Å²) in [5.74, 6) is -0.918. The first-order chi connectivity index (χ1) is 6.13. The van der Waals surface area contributed by atoms with Gasteiger partial charge in [-0.25, -0.2) is 4.39 Å². The van der Waals surface area contributed by atoms with Crippen LogP contribution in [0.4, 0.5) is 4.39 Å². The van der Waals surface area contributed by atoms with Crippen molar-refractivity contribution >= 4 is 17.4 Å². The summed E-state index contributed by atoms with van der Waals surface area (Å²) in [6.45, 7) is 5.28. The van der Waals surface area contributed by atoms with Crippen molar-refractivity contribution in [1.82, 2.24) is 0 Å². The molecule has 1 aromatic rings. The second-order valence-electron chi connectivity index (χ2n) is 2.15. The minimum atomic E-state index is -0.565. The lowest BCUT2D eigenvalue weighted by molar-refractivity contribution is 0.101. The summed E-state index contributed by atoms with van der Waals surface area (Å²) < 4.78 is 12.8. The van der Waals surface area contributed by atoms with Crippen molar-refractivity contribution in [1.29, 1.82) is 0 Å². The second kappa shape index (κ2) is 5.70. The van der Waals surface area contributed by atoms with E-state index in [-0.39, 0.29) is 16.4 Å². The third kappa shape index (κ3) is 3.15. The van der Waals surface area contributed by atoms with Gasteiger partial charge >= 0.3 is 0 Å². The highest BCUT2D eigenvalue weighted by Crippen LogP contribution is 2.18. The third-order valence-corrected chi connectivity index (χ3v) is 1.63. The quantitative estimate of drug-likeness (QED) is 0.635. The zero-order valence-electron chi connectivity index (χ0n) is 7.90. The zero-order valence-corrected chi connectivity index (χ0v) is 8.65. The minimum Gasteiger partial charge on any atom is -0.294 e. The zero-order chi connectivity index (χ0) is 10.4. The first-order valence-corrected chi connectivity index (χ1v) is 4.45. The van der Waals surface area contributed by atoms with Gasteiger partial charge in [0.2, 0.25) is 0 Å². The fraction of sp³-hybridized carbons (Fsp3) is 0.300. The molecule has 1 rings (SSSR count). The van der Waals surface area contributed by atoms with Crippen LogP contribution >= 0.6 is 11.6 Å². The summed E-state index contributed by atoms with van der Waals surface area (Å²) in [4.78, 5) is 10.8. The van der Waals surface area contributed by atoms with Crippen molar-refractivity contribution in [2.75, 3.05) is 0 Å². The molecule has 0 atom stereocenters. The Labute approximate surface area is 82.5 Å². The fourth-order valence-corrected chi connectivity index (χ4v) is 1.13. The molecule has 72 valence electrons. The molecule has 0 amide bonds. The number of rotatable bonds is 1. The number of ketones is 1. The Morgan fingerprint density at radius 1 is 1.38 bits per heavy atom. The SMILES string of the molecule is CC.CC(=O)c1c(F)cccc1Cl. The topological polar surface area (TPSA) is 17.1 Å². The third-order valence-electron chi connectivity index (χ3n) is 1.31. The molecular weight excluding hydrogens is 191 g/mol. The van der Waals surface area contributed by atoms with Crippen LogP contribution in [-0.2, 0) is 0 Å². The van der Waals surface area contributed by atoms with E-state index in [0.29, 0.717) is 0 Å². The molecule has 0 spiro atoms. The first-order valence-electron chi connectivity index (χ1n) is 4.08. The van der Waals surface area contributed by atoms with E-state index in [1.165, 1.54) is 25.1 Å². The lowest BCUT2D eigenvalue weighted by Gasteiger charge is -1.99. The molecule has 0 heterocycles. The van der Waals surface area contributed by atoms with E-state index >= 15 is 0 Å². The summed E-state index contributed by atoms with van der Waals surface area (Å²) in [5.41, 5.74) is -0.0332. The Morgan fingerprint density at radius 2 is 1.92 bits per heavy atom. The summed E-state index contributed by atoms with van der Waals surface area (Å²) in [6.07, 6.45) is 0. The highest BCUT2D eigenvalue weighted by Gasteiger charge is 2.10.